The van der Waals surface area contributed by atoms with Crippen molar-refractivity contribution in [3.8, 4) is 0 Å². The van der Waals surface area contributed by atoms with Crippen LogP contribution < -0.4 is 5.32 Å². The van der Waals surface area contributed by atoms with Crippen molar-refractivity contribution in [3.05, 3.63) is 22.4 Å². The fourth-order valence-electron chi connectivity index (χ4n) is 2.15. The normalized spacial score (nSPS) is 15.6. The predicted molar refractivity (Wildman–Crippen MR) is 83.3 cm³/mol. The molecule has 2 unspecified atom stereocenters. The van der Waals surface area contributed by atoms with E-state index in [-0.39, 0.29) is 0 Å². The highest BCUT2D eigenvalue weighted by Crippen LogP contribution is 2.29. The van der Waals surface area contributed by atoms with Gasteiger partial charge in [-0.1, -0.05) is 34.6 Å². The fraction of sp³-hybridized carbons (Fsp3) is 0.750. The van der Waals surface area contributed by atoms with Gasteiger partial charge >= 0.3 is 0 Å². The van der Waals surface area contributed by atoms with Gasteiger partial charge in [-0.15, -0.1) is 0 Å². The monoisotopic (exact) mass is 267 g/mol. The second-order valence-electron chi connectivity index (χ2n) is 6.43. The zero-order valence-corrected chi connectivity index (χ0v) is 13.4. The lowest BCUT2D eigenvalue weighted by molar-refractivity contribution is 0.220. The smallest absolute Gasteiger partial charge is 0.00728 e. The molecule has 0 aliphatic rings. The van der Waals surface area contributed by atoms with Crippen molar-refractivity contribution in [2.75, 3.05) is 6.54 Å². The Kier molecular flexibility index (Phi) is 6.37. The van der Waals surface area contributed by atoms with Crippen molar-refractivity contribution < 1.29 is 0 Å². The van der Waals surface area contributed by atoms with Gasteiger partial charge in [-0.05, 0) is 59.5 Å². The second-order valence-corrected chi connectivity index (χ2v) is 7.21. The molecule has 1 aromatic heterocycles. The topological polar surface area (TPSA) is 12.0 Å². The highest BCUT2D eigenvalue weighted by molar-refractivity contribution is 7.07. The summed E-state index contributed by atoms with van der Waals surface area (Å²) < 4.78 is 0. The predicted octanol–water partition coefficient (Wildman–Crippen LogP) is 4.73. The summed E-state index contributed by atoms with van der Waals surface area (Å²) in [7, 11) is 0. The van der Waals surface area contributed by atoms with Crippen molar-refractivity contribution in [2.24, 2.45) is 11.3 Å². The minimum atomic E-state index is 0.413. The van der Waals surface area contributed by atoms with Crippen molar-refractivity contribution in [2.45, 2.75) is 59.9 Å². The number of aryl methyl sites for hydroxylation is 1. The molecule has 0 spiro atoms. The fourth-order valence-corrected chi connectivity index (χ4v) is 2.85. The molecule has 0 aromatic carbocycles. The third-order valence-electron chi connectivity index (χ3n) is 3.97. The Morgan fingerprint density at radius 1 is 1.33 bits per heavy atom. The van der Waals surface area contributed by atoms with E-state index in [4.69, 9.17) is 0 Å². The molecule has 0 aliphatic heterocycles. The Labute approximate surface area is 117 Å². The van der Waals surface area contributed by atoms with Gasteiger partial charge in [0.05, 0.1) is 0 Å². The zero-order valence-electron chi connectivity index (χ0n) is 12.6. The average Bonchev–Trinajstić information content (AvgIpc) is 2.77. The van der Waals surface area contributed by atoms with Crippen LogP contribution in [-0.4, -0.2) is 12.6 Å². The van der Waals surface area contributed by atoms with Crippen LogP contribution in [-0.2, 0) is 6.42 Å². The lowest BCUT2D eigenvalue weighted by Gasteiger charge is -2.31. The first-order valence-corrected chi connectivity index (χ1v) is 8.12. The van der Waals surface area contributed by atoms with Gasteiger partial charge in [0.15, 0.2) is 0 Å². The minimum Gasteiger partial charge on any atom is -0.314 e. The van der Waals surface area contributed by atoms with Gasteiger partial charge in [0.2, 0.25) is 0 Å². The van der Waals surface area contributed by atoms with Crippen LogP contribution in [0.25, 0.3) is 0 Å². The summed E-state index contributed by atoms with van der Waals surface area (Å²) in [5, 5.41) is 8.10. The molecule has 0 aliphatic carbocycles. The van der Waals surface area contributed by atoms with Crippen LogP contribution >= 0.6 is 11.3 Å². The molecule has 1 nitrogen and oxygen atoms in total. The van der Waals surface area contributed by atoms with E-state index >= 15 is 0 Å². The molecule has 2 heteroatoms. The van der Waals surface area contributed by atoms with Crippen molar-refractivity contribution >= 4 is 11.3 Å². The van der Waals surface area contributed by atoms with Crippen molar-refractivity contribution in [1.82, 2.24) is 5.32 Å². The standard InChI is InChI=1S/C16H29NS/c1-6-17-15(11-13(2)16(3,4)5)8-7-14-9-10-18-12-14/h9-10,12-13,15,17H,6-8,11H2,1-5H3. The Bertz CT molecular complexity index is 310. The van der Waals surface area contributed by atoms with E-state index in [1.165, 1.54) is 24.8 Å². The van der Waals surface area contributed by atoms with E-state index in [1.807, 2.05) is 0 Å². The number of nitrogens with one attached hydrogen (secondary N) is 1. The van der Waals surface area contributed by atoms with Crippen molar-refractivity contribution in [1.29, 1.82) is 0 Å². The SMILES string of the molecule is CCNC(CCc1ccsc1)CC(C)C(C)(C)C. The third-order valence-corrected chi connectivity index (χ3v) is 4.70. The summed E-state index contributed by atoms with van der Waals surface area (Å²) in [5.74, 6) is 0.754. The largest absolute Gasteiger partial charge is 0.314 e. The summed E-state index contributed by atoms with van der Waals surface area (Å²) in [6, 6.07) is 2.91. The molecule has 18 heavy (non-hydrogen) atoms. The summed E-state index contributed by atoms with van der Waals surface area (Å²) in [5.41, 5.74) is 1.90. The minimum absolute atomic E-state index is 0.413. The van der Waals surface area contributed by atoms with Crippen LogP contribution in [0, 0.1) is 11.3 Å². The number of hydrogen-bond acceptors (Lipinski definition) is 2. The van der Waals surface area contributed by atoms with Crippen LogP contribution in [0.2, 0.25) is 0 Å². The maximum absolute atomic E-state index is 3.65. The van der Waals surface area contributed by atoms with Crippen LogP contribution in [0.1, 0.15) is 53.0 Å². The highest BCUT2D eigenvalue weighted by Gasteiger charge is 2.23. The maximum atomic E-state index is 3.65. The van der Waals surface area contributed by atoms with Gasteiger partial charge in [-0.25, -0.2) is 0 Å². The van der Waals surface area contributed by atoms with Gasteiger partial charge in [-0.3, -0.25) is 0 Å². The molecular formula is C16H29NS. The second kappa shape index (κ2) is 7.30. The molecular weight excluding hydrogens is 238 g/mol. The maximum Gasteiger partial charge on any atom is 0.00728 e. The Balaban J connectivity index is 2.44. The Hall–Kier alpha value is -0.340. The van der Waals surface area contributed by atoms with Crippen LogP contribution in [0.3, 0.4) is 0 Å². The lowest BCUT2D eigenvalue weighted by atomic mass is 9.78. The van der Waals surface area contributed by atoms with E-state index in [0.717, 1.165) is 12.5 Å². The van der Waals surface area contributed by atoms with Gasteiger partial charge in [0.25, 0.3) is 0 Å². The average molecular weight is 267 g/mol. The lowest BCUT2D eigenvalue weighted by Crippen LogP contribution is -2.34. The Morgan fingerprint density at radius 2 is 2.06 bits per heavy atom. The molecule has 0 bridgehead atoms. The first-order valence-electron chi connectivity index (χ1n) is 7.18. The van der Waals surface area contributed by atoms with E-state index < -0.39 is 0 Å². The highest BCUT2D eigenvalue weighted by atomic mass is 32.1. The quantitative estimate of drug-likeness (QED) is 0.753. The Morgan fingerprint density at radius 3 is 2.56 bits per heavy atom. The molecule has 1 aromatic rings. The molecule has 2 atom stereocenters. The van der Waals surface area contributed by atoms with Gasteiger partial charge in [0, 0.05) is 6.04 Å². The third kappa shape index (κ3) is 5.53. The summed E-state index contributed by atoms with van der Waals surface area (Å²) in [6.07, 6.45) is 3.74. The molecule has 0 fully saturated rings. The molecule has 1 heterocycles. The van der Waals surface area contributed by atoms with Crippen LogP contribution in [0.4, 0.5) is 0 Å². The molecule has 1 rings (SSSR count). The molecule has 0 amide bonds. The van der Waals surface area contributed by atoms with Gasteiger partial charge in [-0.2, -0.15) is 11.3 Å². The number of hydrogen-bond donors (Lipinski definition) is 1. The number of rotatable bonds is 7. The first-order chi connectivity index (χ1) is 8.43. The number of thiophene rings is 1. The van der Waals surface area contributed by atoms with E-state index in [2.05, 4.69) is 56.8 Å². The van der Waals surface area contributed by atoms with Crippen molar-refractivity contribution in [3.63, 3.8) is 0 Å². The molecule has 0 radical (unpaired) electrons. The zero-order chi connectivity index (χ0) is 13.6. The summed E-state index contributed by atoms with van der Waals surface area (Å²) in [6.45, 7) is 12.7. The van der Waals surface area contributed by atoms with E-state index in [9.17, 15) is 0 Å². The molecule has 0 saturated carbocycles. The van der Waals surface area contributed by atoms with Gasteiger partial charge in [0.1, 0.15) is 0 Å². The summed E-state index contributed by atoms with van der Waals surface area (Å²) >= 11 is 1.80. The molecule has 0 saturated heterocycles. The van der Waals surface area contributed by atoms with Crippen LogP contribution in [0.5, 0.6) is 0 Å². The molecule has 1 N–H and O–H groups in total. The van der Waals surface area contributed by atoms with E-state index in [1.54, 1.807) is 11.3 Å². The van der Waals surface area contributed by atoms with Gasteiger partial charge < -0.3 is 5.32 Å². The molecule has 104 valence electrons. The van der Waals surface area contributed by atoms with E-state index in [0.29, 0.717) is 11.5 Å². The van der Waals surface area contributed by atoms with Crippen LogP contribution in [0.15, 0.2) is 16.8 Å². The first kappa shape index (κ1) is 15.7. The summed E-state index contributed by atoms with van der Waals surface area (Å²) in [4.78, 5) is 0.